The molecule has 2 atom stereocenters. The molecule has 0 bridgehead atoms. The summed E-state index contributed by atoms with van der Waals surface area (Å²) in [5, 5.41) is 0.924. The van der Waals surface area contributed by atoms with E-state index in [1.165, 1.54) is 18.2 Å². The van der Waals surface area contributed by atoms with Crippen molar-refractivity contribution in [3.8, 4) is 0 Å². The lowest BCUT2D eigenvalue weighted by molar-refractivity contribution is 0.0700. The van der Waals surface area contributed by atoms with Crippen LogP contribution in [0.15, 0.2) is 29.1 Å². The Morgan fingerprint density at radius 1 is 1.36 bits per heavy atom. The number of nitrogens with one attached hydrogen (secondary N) is 1. The Morgan fingerprint density at radius 3 is 2.91 bits per heavy atom. The number of thioether (sulfide) groups is 1. The summed E-state index contributed by atoms with van der Waals surface area (Å²) in [4.78, 5) is 29.1. The maximum absolute atomic E-state index is 13.3. The number of amides is 1. The molecule has 0 radical (unpaired) electrons. The molecule has 0 unspecified atom stereocenters. The molecule has 1 aliphatic rings. The number of aromatic nitrogens is 1. The van der Waals surface area contributed by atoms with Gasteiger partial charge in [-0.15, -0.1) is 0 Å². The lowest BCUT2D eigenvalue weighted by atomic mass is 10.1. The van der Waals surface area contributed by atoms with Crippen LogP contribution >= 0.6 is 11.8 Å². The van der Waals surface area contributed by atoms with E-state index in [4.69, 9.17) is 0 Å². The molecule has 1 fully saturated rings. The Labute approximate surface area is 131 Å². The zero-order valence-corrected chi connectivity index (χ0v) is 13.2. The van der Waals surface area contributed by atoms with E-state index < -0.39 is 11.4 Å². The first-order valence-corrected chi connectivity index (χ1v) is 8.27. The lowest BCUT2D eigenvalue weighted by Gasteiger charge is -2.37. The van der Waals surface area contributed by atoms with Gasteiger partial charge in [0.2, 0.25) is 5.56 Å². The average molecular weight is 320 g/mol. The van der Waals surface area contributed by atoms with Gasteiger partial charge in [-0.05, 0) is 25.1 Å². The van der Waals surface area contributed by atoms with E-state index in [9.17, 15) is 14.0 Å². The Kier molecular flexibility index (Phi) is 3.95. The third-order valence-corrected chi connectivity index (χ3v) is 5.52. The standard InChI is InChI=1S/C16H17FN2O2S/c1-9-10(2)22-6-5-19(9)16(21)13-8-15(20)18-14-7-11(17)3-4-12(13)14/h3-4,7-10H,5-6H2,1-2H3,(H,18,20)/t9-,10-/m1/s1. The quantitative estimate of drug-likeness (QED) is 0.879. The van der Waals surface area contributed by atoms with Gasteiger partial charge < -0.3 is 9.88 Å². The summed E-state index contributed by atoms with van der Waals surface area (Å²) in [5.74, 6) is 0.277. The summed E-state index contributed by atoms with van der Waals surface area (Å²) in [6, 6.07) is 5.49. The van der Waals surface area contributed by atoms with Crippen LogP contribution in [0.1, 0.15) is 24.2 Å². The van der Waals surface area contributed by atoms with Crippen LogP contribution in [0.4, 0.5) is 4.39 Å². The van der Waals surface area contributed by atoms with Crippen LogP contribution in [-0.4, -0.2) is 39.4 Å². The van der Waals surface area contributed by atoms with Gasteiger partial charge in [0, 0.05) is 35.0 Å². The number of rotatable bonds is 1. The van der Waals surface area contributed by atoms with Crippen molar-refractivity contribution in [2.75, 3.05) is 12.3 Å². The lowest BCUT2D eigenvalue weighted by Crippen LogP contribution is -2.48. The van der Waals surface area contributed by atoms with Crippen LogP contribution in [0.5, 0.6) is 0 Å². The number of hydrogen-bond donors (Lipinski definition) is 1. The molecule has 0 aliphatic carbocycles. The zero-order valence-electron chi connectivity index (χ0n) is 12.4. The van der Waals surface area contributed by atoms with Crippen LogP contribution in [0.2, 0.25) is 0 Å². The second-order valence-corrected chi connectivity index (χ2v) is 7.04. The van der Waals surface area contributed by atoms with Crippen molar-refractivity contribution in [3.63, 3.8) is 0 Å². The van der Waals surface area contributed by atoms with E-state index in [-0.39, 0.29) is 11.9 Å². The minimum Gasteiger partial charge on any atom is -0.334 e. The van der Waals surface area contributed by atoms with Gasteiger partial charge in [-0.25, -0.2) is 4.39 Å². The molecule has 6 heteroatoms. The summed E-state index contributed by atoms with van der Waals surface area (Å²) < 4.78 is 13.3. The van der Waals surface area contributed by atoms with E-state index in [2.05, 4.69) is 11.9 Å². The monoisotopic (exact) mass is 320 g/mol. The molecule has 22 heavy (non-hydrogen) atoms. The first kappa shape index (κ1) is 15.1. The molecule has 1 aromatic heterocycles. The Morgan fingerprint density at radius 2 is 2.14 bits per heavy atom. The van der Waals surface area contributed by atoms with E-state index in [0.717, 1.165) is 5.75 Å². The van der Waals surface area contributed by atoms with Crippen LogP contribution in [0, 0.1) is 5.82 Å². The number of carbonyl (C=O) groups excluding carboxylic acids is 1. The van der Waals surface area contributed by atoms with Gasteiger partial charge >= 0.3 is 0 Å². The van der Waals surface area contributed by atoms with Crippen molar-refractivity contribution in [3.05, 3.63) is 46.0 Å². The summed E-state index contributed by atoms with van der Waals surface area (Å²) in [5.41, 5.74) is 0.293. The average Bonchev–Trinajstić information content (AvgIpc) is 2.48. The third kappa shape index (κ3) is 2.63. The topological polar surface area (TPSA) is 53.2 Å². The summed E-state index contributed by atoms with van der Waals surface area (Å²) in [6.07, 6.45) is 0. The van der Waals surface area contributed by atoms with E-state index in [1.54, 1.807) is 11.0 Å². The molecular formula is C16H17FN2O2S. The first-order valence-electron chi connectivity index (χ1n) is 7.22. The zero-order chi connectivity index (χ0) is 15.9. The predicted molar refractivity (Wildman–Crippen MR) is 86.9 cm³/mol. The fourth-order valence-corrected chi connectivity index (χ4v) is 3.88. The van der Waals surface area contributed by atoms with Crippen molar-refractivity contribution in [2.24, 2.45) is 0 Å². The smallest absolute Gasteiger partial charge is 0.255 e. The highest BCUT2D eigenvalue weighted by atomic mass is 32.2. The number of halogens is 1. The van der Waals surface area contributed by atoms with E-state index >= 15 is 0 Å². The van der Waals surface area contributed by atoms with Crippen molar-refractivity contribution in [2.45, 2.75) is 25.1 Å². The Hall–Kier alpha value is -1.82. The molecular weight excluding hydrogens is 303 g/mol. The van der Waals surface area contributed by atoms with Gasteiger partial charge in [0.05, 0.1) is 11.1 Å². The molecule has 0 saturated carbocycles. The van der Waals surface area contributed by atoms with Gasteiger partial charge in [0.15, 0.2) is 0 Å². The highest BCUT2D eigenvalue weighted by molar-refractivity contribution is 8.00. The summed E-state index contributed by atoms with van der Waals surface area (Å²) >= 11 is 1.84. The molecule has 3 rings (SSSR count). The molecule has 2 heterocycles. The van der Waals surface area contributed by atoms with Gasteiger partial charge in [-0.2, -0.15) is 11.8 Å². The molecule has 1 N–H and O–H groups in total. The van der Waals surface area contributed by atoms with Gasteiger partial charge in [0.25, 0.3) is 5.91 Å². The minimum atomic E-state index is -0.441. The summed E-state index contributed by atoms with van der Waals surface area (Å²) in [6.45, 7) is 4.77. The molecule has 0 spiro atoms. The number of nitrogens with zero attached hydrogens (tertiary/aromatic N) is 1. The molecule has 2 aromatic rings. The number of hydrogen-bond acceptors (Lipinski definition) is 3. The number of carbonyl (C=O) groups is 1. The second kappa shape index (κ2) is 5.76. The van der Waals surface area contributed by atoms with Crippen LogP contribution in [0.3, 0.4) is 0 Å². The second-order valence-electron chi connectivity index (χ2n) is 5.55. The molecule has 1 amide bonds. The summed E-state index contributed by atoms with van der Waals surface area (Å²) in [7, 11) is 0. The fourth-order valence-electron chi connectivity index (χ4n) is 2.78. The molecule has 4 nitrogen and oxygen atoms in total. The number of H-pyrrole nitrogens is 1. The molecule has 1 saturated heterocycles. The van der Waals surface area contributed by atoms with Gasteiger partial charge in [-0.3, -0.25) is 9.59 Å². The maximum Gasteiger partial charge on any atom is 0.255 e. The van der Waals surface area contributed by atoms with E-state index in [0.29, 0.717) is 28.3 Å². The Balaban J connectivity index is 2.09. The largest absolute Gasteiger partial charge is 0.334 e. The number of fused-ring (bicyclic) bond motifs is 1. The van der Waals surface area contributed by atoms with E-state index in [1.807, 2.05) is 18.7 Å². The van der Waals surface area contributed by atoms with Gasteiger partial charge in [-0.1, -0.05) is 6.92 Å². The van der Waals surface area contributed by atoms with Crippen molar-refractivity contribution in [1.82, 2.24) is 9.88 Å². The minimum absolute atomic E-state index is 0.0982. The van der Waals surface area contributed by atoms with Gasteiger partial charge in [0.1, 0.15) is 5.82 Å². The van der Waals surface area contributed by atoms with Crippen LogP contribution in [-0.2, 0) is 0 Å². The maximum atomic E-state index is 13.3. The van der Waals surface area contributed by atoms with Crippen LogP contribution in [0.25, 0.3) is 10.9 Å². The molecule has 116 valence electrons. The SMILES string of the molecule is C[C@@H]1[C@@H](C)SCCN1C(=O)c1cc(=O)[nH]c2cc(F)ccc12. The first-order chi connectivity index (χ1) is 10.5. The van der Waals surface area contributed by atoms with Crippen LogP contribution < -0.4 is 5.56 Å². The van der Waals surface area contributed by atoms with Crippen molar-refractivity contribution in [1.29, 1.82) is 0 Å². The number of aromatic amines is 1. The third-order valence-electron chi connectivity index (χ3n) is 4.18. The highest BCUT2D eigenvalue weighted by Crippen LogP contribution is 2.27. The molecule has 1 aromatic carbocycles. The predicted octanol–water partition coefficient (Wildman–Crippen LogP) is 2.63. The van der Waals surface area contributed by atoms with Crippen molar-refractivity contribution >= 4 is 28.6 Å². The number of pyridine rings is 1. The fraction of sp³-hybridized carbons (Fsp3) is 0.375. The van der Waals surface area contributed by atoms with Crippen molar-refractivity contribution < 1.29 is 9.18 Å². The molecule has 1 aliphatic heterocycles. The normalized spacial score (nSPS) is 22.0. The highest BCUT2D eigenvalue weighted by Gasteiger charge is 2.30. The number of benzene rings is 1. The Bertz CT molecular complexity index is 789.